The Morgan fingerprint density at radius 3 is 2.48 bits per heavy atom. The molecule has 0 bridgehead atoms. The lowest BCUT2D eigenvalue weighted by atomic mass is 10.2. The molecule has 9 nitrogen and oxygen atoms in total. The van der Waals surface area contributed by atoms with Gasteiger partial charge in [0.15, 0.2) is 5.82 Å². The predicted molar refractivity (Wildman–Crippen MR) is 84.2 cm³/mol. The molecule has 0 radical (unpaired) electrons. The molecule has 1 unspecified atom stereocenters. The first-order chi connectivity index (χ1) is 10.7. The Morgan fingerprint density at radius 1 is 1.35 bits per heavy atom. The van der Waals surface area contributed by atoms with Gasteiger partial charge in [0.2, 0.25) is 0 Å². The van der Waals surface area contributed by atoms with Gasteiger partial charge in [-0.2, -0.15) is 9.67 Å². The lowest BCUT2D eigenvalue weighted by Gasteiger charge is -2.22. The molecule has 0 spiro atoms. The Balaban J connectivity index is 2.36. The first-order valence-electron chi connectivity index (χ1n) is 7.15. The van der Waals surface area contributed by atoms with Crippen LogP contribution in [0.25, 0.3) is 5.95 Å². The Morgan fingerprint density at radius 2 is 1.96 bits per heavy atom. The second-order valence-corrected chi connectivity index (χ2v) is 6.06. The normalized spacial score (nSPS) is 12.8. The van der Waals surface area contributed by atoms with Crippen LogP contribution in [-0.4, -0.2) is 43.5 Å². The van der Waals surface area contributed by atoms with Gasteiger partial charge in [-0.05, 0) is 33.8 Å². The molecule has 9 heteroatoms. The van der Waals surface area contributed by atoms with E-state index in [2.05, 4.69) is 20.1 Å². The number of ether oxygens (including phenoxy) is 1. The van der Waals surface area contributed by atoms with Gasteiger partial charge in [0, 0.05) is 19.4 Å². The molecule has 0 saturated carbocycles. The molecular weight excluding hydrogens is 298 g/mol. The van der Waals surface area contributed by atoms with E-state index in [1.165, 1.54) is 16.6 Å². The first kappa shape index (κ1) is 16.8. The number of aromatic nitrogens is 5. The van der Waals surface area contributed by atoms with Gasteiger partial charge in [-0.15, -0.1) is 5.10 Å². The zero-order valence-corrected chi connectivity index (χ0v) is 13.9. The van der Waals surface area contributed by atoms with Crippen molar-refractivity contribution >= 4 is 12.0 Å². The Hall–Kier alpha value is -2.55. The van der Waals surface area contributed by atoms with Crippen molar-refractivity contribution in [2.75, 3.05) is 11.9 Å². The molecule has 1 amide bonds. The largest absolute Gasteiger partial charge is 0.443 e. The summed E-state index contributed by atoms with van der Waals surface area (Å²) in [5.41, 5.74) is 5.32. The van der Waals surface area contributed by atoms with Gasteiger partial charge in [-0.25, -0.2) is 19.7 Å². The Labute approximate surface area is 134 Å². The van der Waals surface area contributed by atoms with Gasteiger partial charge in [-0.1, -0.05) is 0 Å². The molecule has 23 heavy (non-hydrogen) atoms. The van der Waals surface area contributed by atoms with Crippen LogP contribution in [0.4, 0.5) is 10.7 Å². The SMILES string of the molecule is CC(N)c1nc(N(C)C(=O)OC(C)(C)C)nn1-c1ncccn1. The van der Waals surface area contributed by atoms with E-state index in [-0.39, 0.29) is 5.95 Å². The fourth-order valence-electron chi connectivity index (χ4n) is 1.71. The lowest BCUT2D eigenvalue weighted by molar-refractivity contribution is 0.0587. The summed E-state index contributed by atoms with van der Waals surface area (Å²) in [7, 11) is 1.53. The van der Waals surface area contributed by atoms with Gasteiger partial charge < -0.3 is 10.5 Å². The molecule has 2 heterocycles. The summed E-state index contributed by atoms with van der Waals surface area (Å²) in [6, 6.07) is 1.28. The van der Waals surface area contributed by atoms with Crippen LogP contribution in [0.3, 0.4) is 0 Å². The van der Waals surface area contributed by atoms with Crippen LogP contribution in [-0.2, 0) is 4.74 Å². The highest BCUT2D eigenvalue weighted by atomic mass is 16.6. The monoisotopic (exact) mass is 319 g/mol. The number of carbonyl (C=O) groups is 1. The van der Waals surface area contributed by atoms with Crippen molar-refractivity contribution in [1.29, 1.82) is 0 Å². The van der Waals surface area contributed by atoms with E-state index in [0.717, 1.165) is 0 Å². The number of hydrogen-bond acceptors (Lipinski definition) is 7. The van der Waals surface area contributed by atoms with Crippen LogP contribution in [0.1, 0.15) is 39.6 Å². The standard InChI is InChI=1S/C14H21N7O2/c1-9(15)10-18-12(20(5)13(22)23-14(2,3)4)19-21(10)11-16-7-6-8-17-11/h6-9H,15H2,1-5H3. The fraction of sp³-hybridized carbons (Fsp3) is 0.500. The van der Waals surface area contributed by atoms with Crippen molar-refractivity contribution in [3.63, 3.8) is 0 Å². The summed E-state index contributed by atoms with van der Waals surface area (Å²) in [6.07, 6.45) is 2.62. The van der Waals surface area contributed by atoms with Crippen LogP contribution >= 0.6 is 0 Å². The lowest BCUT2D eigenvalue weighted by Crippen LogP contribution is -2.34. The summed E-state index contributed by atoms with van der Waals surface area (Å²) in [5, 5.41) is 4.28. The summed E-state index contributed by atoms with van der Waals surface area (Å²) in [6.45, 7) is 7.13. The molecule has 1 atom stereocenters. The molecule has 0 fully saturated rings. The number of nitrogens with two attached hydrogens (primary N) is 1. The molecule has 2 N–H and O–H groups in total. The first-order valence-corrected chi connectivity index (χ1v) is 7.15. The van der Waals surface area contributed by atoms with Crippen molar-refractivity contribution in [2.45, 2.75) is 39.3 Å². The maximum Gasteiger partial charge on any atom is 0.416 e. The number of anilines is 1. The summed E-state index contributed by atoms with van der Waals surface area (Å²) >= 11 is 0. The second-order valence-electron chi connectivity index (χ2n) is 6.06. The van der Waals surface area contributed by atoms with Crippen molar-refractivity contribution < 1.29 is 9.53 Å². The fourth-order valence-corrected chi connectivity index (χ4v) is 1.71. The minimum Gasteiger partial charge on any atom is -0.443 e. The maximum absolute atomic E-state index is 12.1. The Bertz CT molecular complexity index is 676. The van der Waals surface area contributed by atoms with Crippen LogP contribution in [0.15, 0.2) is 18.5 Å². The molecule has 0 aromatic carbocycles. The molecule has 2 aromatic rings. The van der Waals surface area contributed by atoms with Gasteiger partial charge in [-0.3, -0.25) is 0 Å². The molecule has 2 rings (SSSR count). The van der Waals surface area contributed by atoms with E-state index < -0.39 is 17.7 Å². The summed E-state index contributed by atoms with van der Waals surface area (Å²) in [5.74, 6) is 0.941. The molecule has 0 aliphatic heterocycles. The molecule has 0 aliphatic rings. The molecular formula is C14H21N7O2. The molecule has 2 aromatic heterocycles. The second kappa shape index (κ2) is 6.29. The van der Waals surface area contributed by atoms with Gasteiger partial charge in [0.1, 0.15) is 5.60 Å². The highest BCUT2D eigenvalue weighted by Gasteiger charge is 2.25. The van der Waals surface area contributed by atoms with E-state index in [0.29, 0.717) is 11.8 Å². The van der Waals surface area contributed by atoms with Crippen molar-refractivity contribution in [2.24, 2.45) is 5.73 Å². The zero-order valence-electron chi connectivity index (χ0n) is 13.9. The average Bonchev–Trinajstić information content (AvgIpc) is 2.91. The van der Waals surface area contributed by atoms with Crippen molar-refractivity contribution in [3.05, 3.63) is 24.3 Å². The number of amides is 1. The smallest absolute Gasteiger partial charge is 0.416 e. The Kier molecular flexibility index (Phi) is 4.60. The van der Waals surface area contributed by atoms with Gasteiger partial charge >= 0.3 is 6.09 Å². The molecule has 0 saturated heterocycles. The minimum absolute atomic E-state index is 0.166. The van der Waals surface area contributed by atoms with E-state index >= 15 is 0 Å². The predicted octanol–water partition coefficient (Wildman–Crippen LogP) is 1.45. The zero-order chi connectivity index (χ0) is 17.2. The highest BCUT2D eigenvalue weighted by Crippen LogP contribution is 2.18. The maximum atomic E-state index is 12.1. The number of hydrogen-bond donors (Lipinski definition) is 1. The molecule has 0 aliphatic carbocycles. The topological polar surface area (TPSA) is 112 Å². The summed E-state index contributed by atoms with van der Waals surface area (Å²) in [4.78, 5) is 25.9. The number of carbonyl (C=O) groups excluding carboxylic acids is 1. The van der Waals surface area contributed by atoms with E-state index in [1.54, 1.807) is 46.2 Å². The van der Waals surface area contributed by atoms with Crippen LogP contribution in [0, 0.1) is 0 Å². The van der Waals surface area contributed by atoms with Crippen LogP contribution in [0.2, 0.25) is 0 Å². The molecule has 124 valence electrons. The third-order valence-electron chi connectivity index (χ3n) is 2.74. The van der Waals surface area contributed by atoms with E-state index in [1.807, 2.05) is 0 Å². The van der Waals surface area contributed by atoms with Gasteiger partial charge in [0.05, 0.1) is 6.04 Å². The highest BCUT2D eigenvalue weighted by molar-refractivity contribution is 5.84. The van der Waals surface area contributed by atoms with E-state index in [4.69, 9.17) is 10.5 Å². The minimum atomic E-state index is -0.611. The third kappa shape index (κ3) is 4.01. The van der Waals surface area contributed by atoms with Crippen LogP contribution < -0.4 is 10.6 Å². The number of rotatable bonds is 3. The van der Waals surface area contributed by atoms with Gasteiger partial charge in [0.25, 0.3) is 11.9 Å². The quantitative estimate of drug-likeness (QED) is 0.911. The average molecular weight is 319 g/mol. The third-order valence-corrected chi connectivity index (χ3v) is 2.74. The van der Waals surface area contributed by atoms with Crippen LogP contribution in [0.5, 0.6) is 0 Å². The van der Waals surface area contributed by atoms with Crippen molar-refractivity contribution in [3.8, 4) is 5.95 Å². The number of nitrogens with zero attached hydrogens (tertiary/aromatic N) is 6. The summed E-state index contributed by atoms with van der Waals surface area (Å²) < 4.78 is 6.72. The van der Waals surface area contributed by atoms with Crippen molar-refractivity contribution in [1.82, 2.24) is 24.7 Å². The van der Waals surface area contributed by atoms with E-state index in [9.17, 15) is 4.79 Å².